The number of ether oxygens (including phenoxy) is 3. The Morgan fingerprint density at radius 2 is 1.59 bits per heavy atom. The van der Waals surface area contributed by atoms with Crippen LogP contribution in [-0.4, -0.2) is 26.6 Å². The zero-order valence-corrected chi connectivity index (χ0v) is 15.1. The molecular weight excluding hydrogens is 361 g/mol. The van der Waals surface area contributed by atoms with Gasteiger partial charge in [-0.2, -0.15) is 13.2 Å². The van der Waals surface area contributed by atoms with Crippen LogP contribution in [0, 0.1) is 0 Å². The van der Waals surface area contributed by atoms with Gasteiger partial charge in [0.1, 0.15) is 0 Å². The van der Waals surface area contributed by atoms with Gasteiger partial charge in [-0.25, -0.2) is 0 Å². The van der Waals surface area contributed by atoms with Gasteiger partial charge in [-0.05, 0) is 42.8 Å². The summed E-state index contributed by atoms with van der Waals surface area (Å²) in [4.78, 5) is 12.2. The van der Waals surface area contributed by atoms with Gasteiger partial charge in [0.2, 0.25) is 5.75 Å². The molecule has 0 bridgehead atoms. The van der Waals surface area contributed by atoms with Gasteiger partial charge in [0.15, 0.2) is 17.3 Å². The summed E-state index contributed by atoms with van der Waals surface area (Å²) in [5, 5.41) is 0. The molecule has 0 aliphatic carbocycles. The van der Waals surface area contributed by atoms with Gasteiger partial charge in [-0.1, -0.05) is 18.2 Å². The lowest BCUT2D eigenvalue weighted by Crippen LogP contribution is -2.05. The first-order chi connectivity index (χ1) is 12.8. The Hall–Kier alpha value is -2.96. The molecule has 0 amide bonds. The highest BCUT2D eigenvalue weighted by molar-refractivity contribution is 6.06. The molecule has 0 unspecified atom stereocenters. The van der Waals surface area contributed by atoms with Crippen LogP contribution in [-0.2, 0) is 6.18 Å². The van der Waals surface area contributed by atoms with Crippen molar-refractivity contribution in [1.82, 2.24) is 0 Å². The van der Waals surface area contributed by atoms with Crippen molar-refractivity contribution in [2.75, 3.05) is 20.8 Å². The Bertz CT molecular complexity index is 799. The van der Waals surface area contributed by atoms with Gasteiger partial charge in [0, 0.05) is 5.56 Å². The van der Waals surface area contributed by atoms with Gasteiger partial charge < -0.3 is 14.2 Å². The smallest absolute Gasteiger partial charge is 0.416 e. The highest BCUT2D eigenvalue weighted by Crippen LogP contribution is 2.39. The van der Waals surface area contributed by atoms with Crippen molar-refractivity contribution in [3.05, 3.63) is 59.2 Å². The van der Waals surface area contributed by atoms with Crippen LogP contribution < -0.4 is 14.2 Å². The van der Waals surface area contributed by atoms with Gasteiger partial charge >= 0.3 is 6.18 Å². The Morgan fingerprint density at radius 3 is 2.04 bits per heavy atom. The number of hydrogen-bond acceptors (Lipinski definition) is 4. The summed E-state index contributed by atoms with van der Waals surface area (Å²) in [5.41, 5.74) is -0.0273. The lowest BCUT2D eigenvalue weighted by atomic mass is 10.1. The number of allylic oxidation sites excluding steroid dienone is 1. The first kappa shape index (κ1) is 20.4. The topological polar surface area (TPSA) is 44.8 Å². The van der Waals surface area contributed by atoms with E-state index in [2.05, 4.69) is 0 Å². The van der Waals surface area contributed by atoms with Crippen molar-refractivity contribution in [3.8, 4) is 17.2 Å². The second kappa shape index (κ2) is 8.62. The maximum Gasteiger partial charge on any atom is 0.416 e. The van der Waals surface area contributed by atoms with Gasteiger partial charge in [-0.15, -0.1) is 0 Å². The molecular formula is C20H19F3O4. The maximum atomic E-state index is 12.6. The molecule has 144 valence electrons. The fraction of sp³-hybridized carbons (Fsp3) is 0.250. The molecule has 0 radical (unpaired) electrons. The SMILES string of the molecule is CCOc1c(OC)cc(/C=C/C(=O)c2ccc(C(F)(F)F)cc2)cc1OC. The molecule has 0 fully saturated rings. The molecule has 0 N–H and O–H groups in total. The molecule has 2 aromatic rings. The average molecular weight is 380 g/mol. The number of alkyl halides is 3. The van der Waals surface area contributed by atoms with Crippen LogP contribution in [0.25, 0.3) is 6.08 Å². The summed E-state index contributed by atoms with van der Waals surface area (Å²) in [6.07, 6.45) is -1.63. The molecule has 0 aromatic heterocycles. The second-order valence-electron chi connectivity index (χ2n) is 5.46. The van der Waals surface area contributed by atoms with Crippen LogP contribution in [0.1, 0.15) is 28.4 Å². The molecule has 0 saturated heterocycles. The van der Waals surface area contributed by atoms with E-state index in [-0.39, 0.29) is 5.56 Å². The highest BCUT2D eigenvalue weighted by atomic mass is 19.4. The minimum Gasteiger partial charge on any atom is -0.493 e. The standard InChI is InChI=1S/C20H19F3O4/c1-4-27-19-17(25-2)11-13(12-18(19)26-3)5-10-16(24)14-6-8-15(9-7-14)20(21,22)23/h5-12H,4H2,1-3H3/b10-5+. The zero-order valence-electron chi connectivity index (χ0n) is 15.1. The van der Waals surface area contributed by atoms with Crippen LogP contribution in [0.3, 0.4) is 0 Å². The van der Waals surface area contributed by atoms with Crippen LogP contribution >= 0.6 is 0 Å². The summed E-state index contributed by atoms with van der Waals surface area (Å²) >= 11 is 0. The van der Waals surface area contributed by atoms with Crippen molar-refractivity contribution in [1.29, 1.82) is 0 Å². The fourth-order valence-electron chi connectivity index (χ4n) is 2.37. The zero-order chi connectivity index (χ0) is 20.0. The summed E-state index contributed by atoms with van der Waals surface area (Å²) in [6.45, 7) is 2.25. The first-order valence-corrected chi connectivity index (χ1v) is 8.08. The van der Waals surface area contributed by atoms with Gasteiger partial charge in [0.25, 0.3) is 0 Å². The third-order valence-corrected chi connectivity index (χ3v) is 3.70. The van der Waals surface area contributed by atoms with Crippen LogP contribution in [0.4, 0.5) is 13.2 Å². The largest absolute Gasteiger partial charge is 0.493 e. The quantitative estimate of drug-likeness (QED) is 0.500. The molecule has 0 aliphatic heterocycles. The van der Waals surface area contributed by atoms with Crippen molar-refractivity contribution in [2.45, 2.75) is 13.1 Å². The van der Waals surface area contributed by atoms with E-state index < -0.39 is 17.5 Å². The average Bonchev–Trinajstić information content (AvgIpc) is 2.66. The Labute approximate surface area is 155 Å². The number of carbonyl (C=O) groups excluding carboxylic acids is 1. The van der Waals surface area contributed by atoms with E-state index in [4.69, 9.17) is 14.2 Å². The number of benzene rings is 2. The van der Waals surface area contributed by atoms with Crippen molar-refractivity contribution < 1.29 is 32.2 Å². The predicted molar refractivity (Wildman–Crippen MR) is 95.5 cm³/mol. The second-order valence-corrected chi connectivity index (χ2v) is 5.46. The van der Waals surface area contributed by atoms with E-state index in [1.54, 1.807) is 12.1 Å². The summed E-state index contributed by atoms with van der Waals surface area (Å²) < 4.78 is 53.8. The number of carbonyl (C=O) groups is 1. The Morgan fingerprint density at radius 1 is 1.04 bits per heavy atom. The molecule has 2 aromatic carbocycles. The van der Waals surface area contributed by atoms with Crippen molar-refractivity contribution in [3.63, 3.8) is 0 Å². The summed E-state index contributed by atoms with van der Waals surface area (Å²) in [6, 6.07) is 7.39. The third-order valence-electron chi connectivity index (χ3n) is 3.70. The molecule has 0 heterocycles. The normalized spacial score (nSPS) is 11.5. The van der Waals surface area contributed by atoms with Gasteiger partial charge in [0.05, 0.1) is 26.4 Å². The van der Waals surface area contributed by atoms with Crippen LogP contribution in [0.2, 0.25) is 0 Å². The summed E-state index contributed by atoms with van der Waals surface area (Å²) in [7, 11) is 2.97. The molecule has 7 heteroatoms. The molecule has 0 aliphatic rings. The Balaban J connectivity index is 2.25. The molecule has 2 rings (SSSR count). The van der Waals surface area contributed by atoms with E-state index in [9.17, 15) is 18.0 Å². The summed E-state index contributed by atoms with van der Waals surface area (Å²) in [5.74, 6) is 0.917. The maximum absolute atomic E-state index is 12.6. The van der Waals surface area contributed by atoms with Crippen molar-refractivity contribution in [2.24, 2.45) is 0 Å². The minimum absolute atomic E-state index is 0.157. The van der Waals surface area contributed by atoms with E-state index >= 15 is 0 Å². The number of hydrogen-bond donors (Lipinski definition) is 0. The first-order valence-electron chi connectivity index (χ1n) is 8.08. The third kappa shape index (κ3) is 5.03. The molecule has 0 atom stereocenters. The number of halogens is 3. The van der Waals surface area contributed by atoms with E-state index in [0.717, 1.165) is 24.3 Å². The Kier molecular flexibility index (Phi) is 6.50. The lowest BCUT2D eigenvalue weighted by Gasteiger charge is -2.14. The van der Waals surface area contributed by atoms with Crippen LogP contribution in [0.15, 0.2) is 42.5 Å². The van der Waals surface area contributed by atoms with E-state index in [1.165, 1.54) is 26.4 Å². The monoisotopic (exact) mass is 380 g/mol. The fourth-order valence-corrected chi connectivity index (χ4v) is 2.37. The number of rotatable bonds is 7. The lowest BCUT2D eigenvalue weighted by molar-refractivity contribution is -0.137. The minimum atomic E-state index is -4.44. The molecule has 27 heavy (non-hydrogen) atoms. The number of methoxy groups -OCH3 is 2. The van der Waals surface area contributed by atoms with Crippen LogP contribution in [0.5, 0.6) is 17.2 Å². The van der Waals surface area contributed by atoms with E-state index in [0.29, 0.717) is 29.4 Å². The van der Waals surface area contributed by atoms with Gasteiger partial charge in [-0.3, -0.25) is 4.79 Å². The van der Waals surface area contributed by atoms with E-state index in [1.807, 2.05) is 6.92 Å². The highest BCUT2D eigenvalue weighted by Gasteiger charge is 2.30. The number of ketones is 1. The molecule has 0 saturated carbocycles. The molecule has 0 spiro atoms. The predicted octanol–water partition coefficient (Wildman–Crippen LogP) is 5.02. The van der Waals surface area contributed by atoms with Crippen molar-refractivity contribution >= 4 is 11.9 Å². The molecule has 4 nitrogen and oxygen atoms in total.